The standard InChI is InChI=1S/C23H32N2O4S/c1-6-25(7-2)12-13-29-22-15-18(8-10-21(22)28-5)24-23(27)11-9-20(26)19-14-16(3)30-17(19)4/h8,10,14-15H,6-7,9,11-13H2,1-5H3,(H,24,27). The van der Waals surface area contributed by atoms with Crippen molar-refractivity contribution in [2.45, 2.75) is 40.5 Å². The van der Waals surface area contributed by atoms with Crippen molar-refractivity contribution in [1.82, 2.24) is 4.90 Å². The molecule has 1 heterocycles. The molecule has 0 saturated heterocycles. The van der Waals surface area contributed by atoms with Gasteiger partial charge in [0.25, 0.3) is 0 Å². The summed E-state index contributed by atoms with van der Waals surface area (Å²) < 4.78 is 11.2. The molecule has 0 aliphatic heterocycles. The molecule has 7 heteroatoms. The van der Waals surface area contributed by atoms with E-state index >= 15 is 0 Å². The quantitative estimate of drug-likeness (QED) is 0.493. The van der Waals surface area contributed by atoms with E-state index in [4.69, 9.17) is 9.47 Å². The number of likely N-dealkylation sites (N-methyl/N-ethyl adjacent to an activating group) is 1. The van der Waals surface area contributed by atoms with Crippen molar-refractivity contribution in [3.63, 3.8) is 0 Å². The Bertz CT molecular complexity index is 859. The predicted octanol–water partition coefficient (Wildman–Crippen LogP) is 4.70. The molecular weight excluding hydrogens is 400 g/mol. The molecule has 6 nitrogen and oxygen atoms in total. The van der Waals surface area contributed by atoms with Gasteiger partial charge in [-0.05, 0) is 45.1 Å². The molecule has 0 radical (unpaired) electrons. The number of carbonyl (C=O) groups excluding carboxylic acids is 2. The summed E-state index contributed by atoms with van der Waals surface area (Å²) in [7, 11) is 1.59. The van der Waals surface area contributed by atoms with Crippen LogP contribution in [0.5, 0.6) is 11.5 Å². The average molecular weight is 433 g/mol. The van der Waals surface area contributed by atoms with Crippen LogP contribution in [0.25, 0.3) is 0 Å². The number of hydrogen-bond donors (Lipinski definition) is 1. The van der Waals surface area contributed by atoms with Crippen molar-refractivity contribution in [1.29, 1.82) is 0 Å². The van der Waals surface area contributed by atoms with Gasteiger partial charge in [-0.1, -0.05) is 13.8 Å². The zero-order valence-electron chi connectivity index (χ0n) is 18.5. The maximum Gasteiger partial charge on any atom is 0.224 e. The summed E-state index contributed by atoms with van der Waals surface area (Å²) in [5, 5.41) is 2.85. The van der Waals surface area contributed by atoms with Crippen LogP contribution in [0.4, 0.5) is 5.69 Å². The summed E-state index contributed by atoms with van der Waals surface area (Å²) in [5.41, 5.74) is 1.34. The van der Waals surface area contributed by atoms with E-state index < -0.39 is 0 Å². The zero-order chi connectivity index (χ0) is 22.1. The van der Waals surface area contributed by atoms with E-state index in [0.29, 0.717) is 23.8 Å². The van der Waals surface area contributed by atoms with Crippen LogP contribution in [0.1, 0.15) is 46.8 Å². The van der Waals surface area contributed by atoms with Crippen LogP contribution < -0.4 is 14.8 Å². The van der Waals surface area contributed by atoms with Crippen LogP contribution in [-0.4, -0.2) is 49.9 Å². The van der Waals surface area contributed by atoms with E-state index in [2.05, 4.69) is 24.1 Å². The summed E-state index contributed by atoms with van der Waals surface area (Å²) in [5.74, 6) is 1.00. The number of hydrogen-bond acceptors (Lipinski definition) is 6. The highest BCUT2D eigenvalue weighted by Crippen LogP contribution is 2.30. The van der Waals surface area contributed by atoms with Crippen molar-refractivity contribution < 1.29 is 19.1 Å². The third-order valence-corrected chi connectivity index (χ3v) is 5.89. The van der Waals surface area contributed by atoms with Crippen molar-refractivity contribution in [3.05, 3.63) is 39.6 Å². The van der Waals surface area contributed by atoms with Crippen molar-refractivity contribution in [2.75, 3.05) is 38.7 Å². The first kappa shape index (κ1) is 23.9. The Labute approximate surface area is 183 Å². The topological polar surface area (TPSA) is 67.9 Å². The Hall–Kier alpha value is -2.38. The van der Waals surface area contributed by atoms with Gasteiger partial charge in [-0.15, -0.1) is 11.3 Å². The van der Waals surface area contributed by atoms with E-state index in [0.717, 1.165) is 35.0 Å². The number of benzene rings is 1. The highest BCUT2D eigenvalue weighted by Gasteiger charge is 2.15. The molecule has 0 atom stereocenters. The number of carbonyl (C=O) groups is 2. The van der Waals surface area contributed by atoms with Crippen LogP contribution in [0.3, 0.4) is 0 Å². The van der Waals surface area contributed by atoms with E-state index in [1.54, 1.807) is 36.6 Å². The third-order valence-electron chi connectivity index (χ3n) is 4.93. The van der Waals surface area contributed by atoms with Gasteiger partial charge in [-0.3, -0.25) is 9.59 Å². The number of rotatable bonds is 12. The minimum Gasteiger partial charge on any atom is -0.493 e. The van der Waals surface area contributed by atoms with Gasteiger partial charge in [0.05, 0.1) is 7.11 Å². The molecule has 1 aromatic heterocycles. The van der Waals surface area contributed by atoms with Crippen molar-refractivity contribution >= 4 is 28.7 Å². The number of nitrogens with zero attached hydrogens (tertiary/aromatic N) is 1. The summed E-state index contributed by atoms with van der Waals surface area (Å²) in [6, 6.07) is 7.19. The number of methoxy groups -OCH3 is 1. The van der Waals surface area contributed by atoms with Crippen LogP contribution in [0, 0.1) is 13.8 Å². The molecular formula is C23H32N2O4S. The minimum absolute atomic E-state index is 0.00200. The molecule has 0 unspecified atom stereocenters. The molecule has 2 rings (SSSR count). The van der Waals surface area contributed by atoms with Gasteiger partial charge in [-0.25, -0.2) is 0 Å². The number of amides is 1. The molecule has 30 heavy (non-hydrogen) atoms. The van der Waals surface area contributed by atoms with E-state index in [1.165, 1.54) is 0 Å². The van der Waals surface area contributed by atoms with Crippen LogP contribution in [-0.2, 0) is 4.79 Å². The lowest BCUT2D eigenvalue weighted by Crippen LogP contribution is -2.28. The molecule has 164 valence electrons. The average Bonchev–Trinajstić information content (AvgIpc) is 3.07. The van der Waals surface area contributed by atoms with Gasteiger partial charge >= 0.3 is 0 Å². The van der Waals surface area contributed by atoms with Crippen LogP contribution in [0.15, 0.2) is 24.3 Å². The summed E-state index contributed by atoms with van der Waals surface area (Å²) in [4.78, 5) is 29.1. The summed E-state index contributed by atoms with van der Waals surface area (Å²) >= 11 is 1.60. The minimum atomic E-state index is -0.202. The fourth-order valence-electron chi connectivity index (χ4n) is 3.18. The first-order valence-corrected chi connectivity index (χ1v) is 11.1. The molecule has 0 spiro atoms. The Morgan fingerprint density at radius 2 is 1.80 bits per heavy atom. The largest absolute Gasteiger partial charge is 0.493 e. The molecule has 1 N–H and O–H groups in total. The molecule has 0 fully saturated rings. The Morgan fingerprint density at radius 1 is 1.07 bits per heavy atom. The Morgan fingerprint density at radius 3 is 2.40 bits per heavy atom. The fraction of sp³-hybridized carbons (Fsp3) is 0.478. The number of Topliss-reactive ketones (excluding diaryl/α,β-unsaturated/α-hetero) is 1. The van der Waals surface area contributed by atoms with Gasteiger partial charge in [0, 0.05) is 46.5 Å². The van der Waals surface area contributed by atoms with Crippen molar-refractivity contribution in [2.24, 2.45) is 0 Å². The first-order chi connectivity index (χ1) is 14.4. The van der Waals surface area contributed by atoms with Gasteiger partial charge in [0.2, 0.25) is 5.91 Å². The smallest absolute Gasteiger partial charge is 0.224 e. The lowest BCUT2D eigenvalue weighted by atomic mass is 10.1. The second kappa shape index (κ2) is 11.7. The van der Waals surface area contributed by atoms with Gasteiger partial charge < -0.3 is 19.7 Å². The van der Waals surface area contributed by atoms with Gasteiger partial charge in [0.1, 0.15) is 6.61 Å². The van der Waals surface area contributed by atoms with E-state index in [1.807, 2.05) is 19.9 Å². The van der Waals surface area contributed by atoms with Crippen LogP contribution >= 0.6 is 11.3 Å². The molecule has 0 bridgehead atoms. The number of ether oxygens (including phenoxy) is 2. The molecule has 1 aromatic carbocycles. The monoisotopic (exact) mass is 432 g/mol. The van der Waals surface area contributed by atoms with E-state index in [-0.39, 0.29) is 24.5 Å². The van der Waals surface area contributed by atoms with Crippen LogP contribution in [0.2, 0.25) is 0 Å². The molecule has 0 aliphatic rings. The number of ketones is 1. The first-order valence-electron chi connectivity index (χ1n) is 10.3. The molecule has 2 aromatic rings. The van der Waals surface area contributed by atoms with Crippen molar-refractivity contribution in [3.8, 4) is 11.5 Å². The SMILES string of the molecule is CCN(CC)CCOc1cc(NC(=O)CCC(=O)c2cc(C)sc2C)ccc1OC. The maximum atomic E-state index is 12.4. The fourth-order valence-corrected chi connectivity index (χ4v) is 4.13. The van der Waals surface area contributed by atoms with Gasteiger partial charge in [-0.2, -0.15) is 0 Å². The molecule has 0 aliphatic carbocycles. The Kier molecular flexibility index (Phi) is 9.33. The lowest BCUT2D eigenvalue weighted by molar-refractivity contribution is -0.116. The summed E-state index contributed by atoms with van der Waals surface area (Å²) in [6.45, 7) is 11.4. The maximum absolute atomic E-state index is 12.4. The third kappa shape index (κ3) is 6.85. The Balaban J connectivity index is 1.92. The number of thiophene rings is 1. The number of anilines is 1. The molecule has 1 amide bonds. The second-order valence-corrected chi connectivity index (χ2v) is 8.50. The van der Waals surface area contributed by atoms with E-state index in [9.17, 15) is 9.59 Å². The van der Waals surface area contributed by atoms with Gasteiger partial charge in [0.15, 0.2) is 17.3 Å². The number of nitrogens with one attached hydrogen (secondary N) is 1. The summed E-state index contributed by atoms with van der Waals surface area (Å²) in [6.07, 6.45) is 0.323. The highest BCUT2D eigenvalue weighted by atomic mass is 32.1. The zero-order valence-corrected chi connectivity index (χ0v) is 19.4. The normalized spacial score (nSPS) is 10.9. The number of aryl methyl sites for hydroxylation is 2. The molecule has 0 saturated carbocycles. The highest BCUT2D eigenvalue weighted by molar-refractivity contribution is 7.12. The lowest BCUT2D eigenvalue weighted by Gasteiger charge is -2.19. The second-order valence-electron chi connectivity index (χ2n) is 7.04. The predicted molar refractivity (Wildman–Crippen MR) is 122 cm³/mol.